The molecular weight excluding hydrogens is 262 g/mol. The van der Waals surface area contributed by atoms with Crippen LogP contribution >= 0.6 is 11.8 Å². The van der Waals surface area contributed by atoms with Gasteiger partial charge in [-0.2, -0.15) is 0 Å². The van der Waals surface area contributed by atoms with Gasteiger partial charge in [-0.1, -0.05) is 0 Å². The molecule has 0 saturated heterocycles. The third-order valence-electron chi connectivity index (χ3n) is 2.37. The second kappa shape index (κ2) is 9.93. The first-order valence-corrected chi connectivity index (χ1v) is 6.79. The minimum absolute atomic E-state index is 0.0745. The van der Waals surface area contributed by atoms with Gasteiger partial charge in [0.25, 0.3) is 0 Å². The zero-order valence-electron chi connectivity index (χ0n) is 10.4. The van der Waals surface area contributed by atoms with Gasteiger partial charge in [-0.25, -0.2) is 0 Å². The van der Waals surface area contributed by atoms with Crippen molar-refractivity contribution in [3.8, 4) is 0 Å². The molecular formula is C10H23NO6S. The third-order valence-corrected chi connectivity index (χ3v) is 3.47. The second-order valence-corrected chi connectivity index (χ2v) is 5.17. The van der Waals surface area contributed by atoms with Gasteiger partial charge in [0.2, 0.25) is 0 Å². The number of hydrogen-bond donors (Lipinski definition) is 6. The van der Waals surface area contributed by atoms with Crippen LogP contribution in [0.25, 0.3) is 0 Å². The third kappa shape index (κ3) is 6.86. The van der Waals surface area contributed by atoms with Crippen LogP contribution in [0.1, 0.15) is 0 Å². The molecule has 4 atom stereocenters. The highest BCUT2D eigenvalue weighted by Crippen LogP contribution is 2.08. The zero-order chi connectivity index (χ0) is 14.1. The number of likely N-dealkylation sites (N-methyl/N-ethyl adjacent to an activating group) is 1. The Morgan fingerprint density at radius 2 is 1.56 bits per heavy atom. The van der Waals surface area contributed by atoms with Crippen molar-refractivity contribution >= 4 is 11.8 Å². The monoisotopic (exact) mass is 285 g/mol. The molecule has 6 N–H and O–H groups in total. The van der Waals surface area contributed by atoms with Gasteiger partial charge in [-0.3, -0.25) is 4.90 Å². The smallest absolute Gasteiger partial charge is 0.111 e. The Balaban J connectivity index is 4.02. The van der Waals surface area contributed by atoms with Crippen LogP contribution in [-0.2, 0) is 0 Å². The first kappa shape index (κ1) is 18.1. The molecule has 110 valence electrons. The molecule has 0 fully saturated rings. The maximum atomic E-state index is 9.66. The largest absolute Gasteiger partial charge is 0.396 e. The summed E-state index contributed by atoms with van der Waals surface area (Å²) in [6.45, 7) is -0.507. The lowest BCUT2D eigenvalue weighted by atomic mass is 10.0. The van der Waals surface area contributed by atoms with Gasteiger partial charge >= 0.3 is 0 Å². The van der Waals surface area contributed by atoms with Crippen molar-refractivity contribution in [2.24, 2.45) is 0 Å². The fourth-order valence-corrected chi connectivity index (χ4v) is 2.00. The van der Waals surface area contributed by atoms with Gasteiger partial charge in [0.1, 0.15) is 18.3 Å². The van der Waals surface area contributed by atoms with E-state index in [4.69, 9.17) is 15.3 Å². The Morgan fingerprint density at radius 1 is 1.00 bits per heavy atom. The maximum Gasteiger partial charge on any atom is 0.111 e. The van der Waals surface area contributed by atoms with Crippen LogP contribution in [0.4, 0.5) is 0 Å². The number of aliphatic hydroxyl groups excluding tert-OH is 6. The zero-order valence-corrected chi connectivity index (χ0v) is 11.2. The lowest BCUT2D eigenvalue weighted by Gasteiger charge is -2.28. The van der Waals surface area contributed by atoms with E-state index in [9.17, 15) is 15.3 Å². The van der Waals surface area contributed by atoms with Crippen molar-refractivity contribution in [2.75, 3.05) is 38.4 Å². The Labute approximate surface area is 111 Å². The van der Waals surface area contributed by atoms with Gasteiger partial charge < -0.3 is 30.6 Å². The lowest BCUT2D eigenvalue weighted by Crippen LogP contribution is -2.49. The molecule has 0 heterocycles. The van der Waals surface area contributed by atoms with Crippen molar-refractivity contribution in [1.29, 1.82) is 0 Å². The predicted molar refractivity (Wildman–Crippen MR) is 68.2 cm³/mol. The molecule has 0 aliphatic rings. The summed E-state index contributed by atoms with van der Waals surface area (Å²) in [5, 5.41) is 55.0. The highest BCUT2D eigenvalue weighted by atomic mass is 32.2. The van der Waals surface area contributed by atoms with Crippen LogP contribution in [0.5, 0.6) is 0 Å². The van der Waals surface area contributed by atoms with E-state index in [0.29, 0.717) is 11.6 Å². The summed E-state index contributed by atoms with van der Waals surface area (Å²) in [6.07, 6.45) is -5.84. The molecule has 18 heavy (non-hydrogen) atoms. The van der Waals surface area contributed by atoms with Crippen LogP contribution < -0.4 is 0 Å². The minimum atomic E-state index is -1.59. The normalized spacial score (nSPS) is 18.7. The maximum absolute atomic E-state index is 9.66. The summed E-state index contributed by atoms with van der Waals surface area (Å²) >= 11 is 1.47. The van der Waals surface area contributed by atoms with Crippen LogP contribution in [-0.4, -0.2) is 98.4 Å². The van der Waals surface area contributed by atoms with Crippen LogP contribution in [0.3, 0.4) is 0 Å². The SMILES string of the molecule is CN(CSCCO)C[C@@H](O)[C@H](O)[C@H](O)[C@H](O)CO. The molecule has 0 aliphatic heterocycles. The van der Waals surface area contributed by atoms with Crippen LogP contribution in [0.2, 0.25) is 0 Å². The Bertz CT molecular complexity index is 211. The van der Waals surface area contributed by atoms with Gasteiger partial charge in [-0.05, 0) is 7.05 Å². The Morgan fingerprint density at radius 3 is 2.06 bits per heavy atom. The molecule has 7 nitrogen and oxygen atoms in total. The summed E-state index contributed by atoms with van der Waals surface area (Å²) in [5.41, 5.74) is 0. The molecule has 0 aromatic rings. The van der Waals surface area contributed by atoms with E-state index in [1.54, 1.807) is 11.9 Å². The molecule has 0 spiro atoms. The van der Waals surface area contributed by atoms with Gasteiger partial charge in [0.05, 0.1) is 19.3 Å². The molecule has 0 aliphatic carbocycles. The average Bonchev–Trinajstić information content (AvgIpc) is 2.36. The number of aliphatic hydroxyl groups is 6. The van der Waals surface area contributed by atoms with Crippen molar-refractivity contribution < 1.29 is 30.6 Å². The topological polar surface area (TPSA) is 125 Å². The predicted octanol–water partition coefficient (Wildman–Crippen LogP) is -2.96. The van der Waals surface area contributed by atoms with E-state index in [0.717, 1.165) is 0 Å². The Kier molecular flexibility index (Phi) is 9.97. The average molecular weight is 285 g/mol. The summed E-state index contributed by atoms with van der Waals surface area (Å²) < 4.78 is 0. The molecule has 0 rings (SSSR count). The summed E-state index contributed by atoms with van der Waals surface area (Å²) in [4.78, 5) is 1.71. The highest BCUT2D eigenvalue weighted by molar-refractivity contribution is 7.99. The summed E-state index contributed by atoms with van der Waals surface area (Å²) in [7, 11) is 1.72. The molecule has 8 heteroatoms. The number of thioether (sulfide) groups is 1. The van der Waals surface area contributed by atoms with E-state index < -0.39 is 31.0 Å². The molecule has 0 amide bonds. The fourth-order valence-electron chi connectivity index (χ4n) is 1.33. The summed E-state index contributed by atoms with van der Waals surface area (Å²) in [5.74, 6) is 1.14. The molecule has 0 radical (unpaired) electrons. The molecule has 0 aromatic heterocycles. The lowest BCUT2D eigenvalue weighted by molar-refractivity contribution is -0.118. The van der Waals surface area contributed by atoms with Crippen molar-refractivity contribution in [1.82, 2.24) is 4.90 Å². The number of rotatable bonds is 10. The summed E-state index contributed by atoms with van der Waals surface area (Å²) in [6, 6.07) is 0. The van der Waals surface area contributed by atoms with Crippen molar-refractivity contribution in [3.63, 3.8) is 0 Å². The van der Waals surface area contributed by atoms with Crippen LogP contribution in [0, 0.1) is 0 Å². The minimum Gasteiger partial charge on any atom is -0.396 e. The van der Waals surface area contributed by atoms with Crippen LogP contribution in [0.15, 0.2) is 0 Å². The van der Waals surface area contributed by atoms with Gasteiger partial charge in [0, 0.05) is 18.2 Å². The molecule has 0 aromatic carbocycles. The second-order valence-electron chi connectivity index (χ2n) is 4.10. The van der Waals surface area contributed by atoms with E-state index in [2.05, 4.69) is 0 Å². The number of nitrogens with zero attached hydrogens (tertiary/aromatic N) is 1. The standard InChI is InChI=1S/C10H23NO6S/c1-11(6-18-3-2-12)4-7(14)9(16)10(17)8(15)5-13/h7-10,12-17H,2-6H2,1H3/t7-,8-,9+,10-/m1/s1. The van der Waals surface area contributed by atoms with E-state index in [-0.39, 0.29) is 13.2 Å². The molecule has 0 bridgehead atoms. The van der Waals surface area contributed by atoms with E-state index in [1.165, 1.54) is 11.8 Å². The highest BCUT2D eigenvalue weighted by Gasteiger charge is 2.30. The first-order valence-electron chi connectivity index (χ1n) is 5.64. The Hall–Kier alpha value is 0.0700. The first-order chi connectivity index (χ1) is 8.43. The number of hydrogen-bond acceptors (Lipinski definition) is 8. The fraction of sp³-hybridized carbons (Fsp3) is 1.00. The van der Waals surface area contributed by atoms with Gasteiger partial charge in [-0.15, -0.1) is 11.8 Å². The quantitative estimate of drug-likeness (QED) is 0.186. The molecule has 0 unspecified atom stereocenters. The van der Waals surface area contributed by atoms with Gasteiger partial charge in [0.15, 0.2) is 0 Å². The van der Waals surface area contributed by atoms with Crippen molar-refractivity contribution in [2.45, 2.75) is 24.4 Å². The van der Waals surface area contributed by atoms with E-state index >= 15 is 0 Å². The molecule has 0 saturated carbocycles. The van der Waals surface area contributed by atoms with E-state index in [1.807, 2.05) is 0 Å². The van der Waals surface area contributed by atoms with Crippen molar-refractivity contribution in [3.05, 3.63) is 0 Å².